The number of fused-ring (bicyclic) bond motifs is 1. The number of benzene rings is 1. The molecule has 0 radical (unpaired) electrons. The molecule has 1 aromatic carbocycles. The molecule has 0 spiro atoms. The van der Waals surface area contributed by atoms with Crippen molar-refractivity contribution in [3.05, 3.63) is 42.5 Å². The molecular weight excluding hydrogens is 174 g/mol. The molecule has 70 valence electrons. The second-order valence-electron chi connectivity index (χ2n) is 2.89. The van der Waals surface area contributed by atoms with E-state index in [-0.39, 0.29) is 0 Å². The number of allylic oxidation sites excluding steroid dienone is 3. The first-order chi connectivity index (χ1) is 6.92. The summed E-state index contributed by atoms with van der Waals surface area (Å²) in [6.45, 7) is 1.98. The first kappa shape index (κ1) is 8.69. The van der Waals surface area contributed by atoms with Gasteiger partial charge in [-0.05, 0) is 25.1 Å². The van der Waals surface area contributed by atoms with Crippen molar-refractivity contribution in [2.75, 3.05) is 0 Å². The molecule has 0 N–H and O–H groups in total. The molecule has 0 bridgehead atoms. The van der Waals surface area contributed by atoms with E-state index >= 15 is 0 Å². The van der Waals surface area contributed by atoms with Gasteiger partial charge in [-0.25, -0.2) is 4.68 Å². The molecule has 1 heterocycles. The highest BCUT2D eigenvalue weighted by Gasteiger charge is 1.98. The third-order valence-corrected chi connectivity index (χ3v) is 1.91. The Balaban J connectivity index is 2.43. The molecule has 3 nitrogen and oxygen atoms in total. The summed E-state index contributed by atoms with van der Waals surface area (Å²) in [6, 6.07) is 7.88. The smallest absolute Gasteiger partial charge is 0.113 e. The number of hydrogen-bond acceptors (Lipinski definition) is 2. The molecule has 3 heteroatoms. The van der Waals surface area contributed by atoms with Crippen LogP contribution in [0.25, 0.3) is 17.2 Å². The van der Waals surface area contributed by atoms with Crippen LogP contribution in [0.3, 0.4) is 0 Å². The largest absolute Gasteiger partial charge is 0.220 e. The van der Waals surface area contributed by atoms with E-state index in [1.165, 1.54) is 0 Å². The Morgan fingerprint density at radius 2 is 2.07 bits per heavy atom. The van der Waals surface area contributed by atoms with E-state index in [2.05, 4.69) is 10.3 Å². The van der Waals surface area contributed by atoms with E-state index in [0.717, 1.165) is 11.0 Å². The van der Waals surface area contributed by atoms with Crippen molar-refractivity contribution in [1.29, 1.82) is 0 Å². The van der Waals surface area contributed by atoms with E-state index in [4.69, 9.17) is 0 Å². The Hall–Kier alpha value is -1.90. The predicted molar refractivity (Wildman–Crippen MR) is 57.7 cm³/mol. The van der Waals surface area contributed by atoms with E-state index in [1.54, 1.807) is 4.68 Å². The molecule has 0 aliphatic heterocycles. The fourth-order valence-electron chi connectivity index (χ4n) is 1.24. The lowest BCUT2D eigenvalue weighted by atomic mass is 10.3. The Bertz CT molecular complexity index is 480. The minimum atomic E-state index is 0.914. The third-order valence-electron chi connectivity index (χ3n) is 1.91. The van der Waals surface area contributed by atoms with Gasteiger partial charge < -0.3 is 0 Å². The second-order valence-corrected chi connectivity index (χ2v) is 2.89. The minimum Gasteiger partial charge on any atom is -0.220 e. The summed E-state index contributed by atoms with van der Waals surface area (Å²) in [5.74, 6) is 0. The summed E-state index contributed by atoms with van der Waals surface area (Å²) in [7, 11) is 0. The summed E-state index contributed by atoms with van der Waals surface area (Å²) in [5.41, 5.74) is 1.94. The number of para-hydroxylation sites is 1. The zero-order valence-corrected chi connectivity index (χ0v) is 7.96. The highest BCUT2D eigenvalue weighted by Crippen LogP contribution is 2.09. The minimum absolute atomic E-state index is 0.914. The van der Waals surface area contributed by atoms with Crippen LogP contribution in [0.2, 0.25) is 0 Å². The highest BCUT2D eigenvalue weighted by molar-refractivity contribution is 5.75. The van der Waals surface area contributed by atoms with Gasteiger partial charge in [0.15, 0.2) is 0 Å². The fourth-order valence-corrected chi connectivity index (χ4v) is 1.24. The van der Waals surface area contributed by atoms with Crippen LogP contribution in [0.4, 0.5) is 0 Å². The maximum atomic E-state index is 4.04. The SMILES string of the molecule is C/C=C/C=C/n1nnc2ccccc21. The lowest BCUT2D eigenvalue weighted by Crippen LogP contribution is -1.87. The zero-order chi connectivity index (χ0) is 9.80. The predicted octanol–water partition coefficient (Wildman–Crippen LogP) is 2.48. The Labute approximate surface area is 82.4 Å². The standard InChI is InChI=1S/C11H11N3/c1-2-3-6-9-14-11-8-5-4-7-10(11)12-13-14/h2-9H,1H3/b3-2+,9-6+. The maximum Gasteiger partial charge on any atom is 0.113 e. The van der Waals surface area contributed by atoms with Gasteiger partial charge >= 0.3 is 0 Å². The summed E-state index contributed by atoms with van der Waals surface area (Å²) in [5, 5.41) is 8.05. The lowest BCUT2D eigenvalue weighted by Gasteiger charge is -1.90. The average Bonchev–Trinajstić information content (AvgIpc) is 2.63. The van der Waals surface area contributed by atoms with Gasteiger partial charge in [0, 0.05) is 6.20 Å². The molecule has 0 aliphatic carbocycles. The molecule has 0 saturated carbocycles. The van der Waals surface area contributed by atoms with Crippen molar-refractivity contribution in [3.63, 3.8) is 0 Å². The molecule has 0 aliphatic rings. The van der Waals surface area contributed by atoms with Crippen LogP contribution >= 0.6 is 0 Å². The van der Waals surface area contributed by atoms with Crippen LogP contribution in [0.5, 0.6) is 0 Å². The average molecular weight is 185 g/mol. The summed E-state index contributed by atoms with van der Waals surface area (Å²) < 4.78 is 1.76. The van der Waals surface area contributed by atoms with E-state index in [0.29, 0.717) is 0 Å². The van der Waals surface area contributed by atoms with Crippen LogP contribution in [0.15, 0.2) is 42.5 Å². The van der Waals surface area contributed by atoms with Crippen LogP contribution in [0, 0.1) is 0 Å². The summed E-state index contributed by atoms with van der Waals surface area (Å²) in [4.78, 5) is 0. The molecular formula is C11H11N3. The number of hydrogen-bond donors (Lipinski definition) is 0. The van der Waals surface area contributed by atoms with E-state index in [9.17, 15) is 0 Å². The van der Waals surface area contributed by atoms with Gasteiger partial charge in [0.05, 0.1) is 5.52 Å². The van der Waals surface area contributed by atoms with Gasteiger partial charge in [-0.1, -0.05) is 29.5 Å². The monoisotopic (exact) mass is 185 g/mol. The Morgan fingerprint density at radius 3 is 2.93 bits per heavy atom. The molecule has 0 atom stereocenters. The molecule has 0 saturated heterocycles. The summed E-state index contributed by atoms with van der Waals surface area (Å²) >= 11 is 0. The van der Waals surface area contributed by atoms with Crippen LogP contribution < -0.4 is 0 Å². The fraction of sp³-hybridized carbons (Fsp3) is 0.0909. The highest BCUT2D eigenvalue weighted by atomic mass is 15.4. The van der Waals surface area contributed by atoms with E-state index in [1.807, 2.05) is 55.6 Å². The van der Waals surface area contributed by atoms with Gasteiger partial charge in [-0.3, -0.25) is 0 Å². The van der Waals surface area contributed by atoms with Gasteiger partial charge in [0.2, 0.25) is 0 Å². The van der Waals surface area contributed by atoms with Crippen molar-refractivity contribution in [1.82, 2.24) is 15.0 Å². The topological polar surface area (TPSA) is 30.7 Å². The van der Waals surface area contributed by atoms with Gasteiger partial charge in [-0.15, -0.1) is 5.10 Å². The number of rotatable bonds is 2. The molecule has 0 amide bonds. The molecule has 0 fully saturated rings. The van der Waals surface area contributed by atoms with Crippen molar-refractivity contribution in [3.8, 4) is 0 Å². The van der Waals surface area contributed by atoms with Crippen LogP contribution in [0.1, 0.15) is 6.92 Å². The first-order valence-electron chi connectivity index (χ1n) is 4.51. The van der Waals surface area contributed by atoms with Crippen molar-refractivity contribution < 1.29 is 0 Å². The molecule has 2 aromatic rings. The Kier molecular flexibility index (Phi) is 2.40. The van der Waals surface area contributed by atoms with Gasteiger partial charge in [-0.2, -0.15) is 0 Å². The van der Waals surface area contributed by atoms with Crippen molar-refractivity contribution in [2.45, 2.75) is 6.92 Å². The quantitative estimate of drug-likeness (QED) is 0.673. The second kappa shape index (κ2) is 3.87. The van der Waals surface area contributed by atoms with Crippen LogP contribution in [-0.4, -0.2) is 15.0 Å². The molecule has 1 aromatic heterocycles. The maximum absolute atomic E-state index is 4.04. The van der Waals surface area contributed by atoms with Crippen molar-refractivity contribution >= 4 is 17.2 Å². The normalized spacial score (nSPS) is 12.1. The first-order valence-corrected chi connectivity index (χ1v) is 4.51. The third kappa shape index (κ3) is 1.57. The van der Waals surface area contributed by atoms with E-state index < -0.39 is 0 Å². The lowest BCUT2D eigenvalue weighted by molar-refractivity contribution is 0.861. The van der Waals surface area contributed by atoms with Crippen LogP contribution in [-0.2, 0) is 0 Å². The Morgan fingerprint density at radius 1 is 1.21 bits per heavy atom. The zero-order valence-electron chi connectivity index (χ0n) is 7.96. The van der Waals surface area contributed by atoms with Crippen molar-refractivity contribution in [2.24, 2.45) is 0 Å². The molecule has 2 rings (SSSR count). The van der Waals surface area contributed by atoms with Gasteiger partial charge in [0.25, 0.3) is 0 Å². The van der Waals surface area contributed by atoms with Gasteiger partial charge in [0.1, 0.15) is 5.52 Å². The molecule has 14 heavy (non-hydrogen) atoms. The molecule has 0 unspecified atom stereocenters. The summed E-state index contributed by atoms with van der Waals surface area (Å²) in [6.07, 6.45) is 7.74. The number of aromatic nitrogens is 3. The number of nitrogens with zero attached hydrogens (tertiary/aromatic N) is 3.